The molecule has 18 heavy (non-hydrogen) atoms. The van der Waals surface area contributed by atoms with E-state index in [-0.39, 0.29) is 17.2 Å². The SMILES string of the molecule is O=C(c1ccc(Br)o1)N1CCc2[nH][nH]c(=O)c2C1. The number of carbonyl (C=O) groups excluding carboxylic acids is 1. The molecule has 0 atom stereocenters. The predicted molar refractivity (Wildman–Crippen MR) is 66.3 cm³/mol. The Labute approximate surface area is 110 Å². The minimum Gasteiger partial charge on any atom is -0.444 e. The molecule has 3 heterocycles. The molecule has 94 valence electrons. The molecule has 0 aromatic carbocycles. The number of rotatable bonds is 1. The lowest BCUT2D eigenvalue weighted by Crippen LogP contribution is -2.37. The lowest BCUT2D eigenvalue weighted by molar-refractivity contribution is 0.0700. The van der Waals surface area contributed by atoms with E-state index in [1.54, 1.807) is 17.0 Å². The van der Waals surface area contributed by atoms with Gasteiger partial charge in [-0.25, -0.2) is 0 Å². The van der Waals surface area contributed by atoms with Gasteiger partial charge >= 0.3 is 0 Å². The number of aromatic nitrogens is 2. The van der Waals surface area contributed by atoms with E-state index >= 15 is 0 Å². The highest BCUT2D eigenvalue weighted by Crippen LogP contribution is 2.19. The van der Waals surface area contributed by atoms with Crippen molar-refractivity contribution in [1.29, 1.82) is 0 Å². The summed E-state index contributed by atoms with van der Waals surface area (Å²) in [5, 5.41) is 5.36. The molecule has 0 saturated heterocycles. The lowest BCUT2D eigenvalue weighted by Gasteiger charge is -2.25. The summed E-state index contributed by atoms with van der Waals surface area (Å²) >= 11 is 3.16. The van der Waals surface area contributed by atoms with E-state index in [2.05, 4.69) is 26.1 Å². The molecule has 0 aliphatic carbocycles. The maximum absolute atomic E-state index is 12.1. The molecule has 2 N–H and O–H groups in total. The summed E-state index contributed by atoms with van der Waals surface area (Å²) in [5.41, 5.74) is 1.34. The molecule has 2 aromatic rings. The van der Waals surface area contributed by atoms with Crippen LogP contribution in [0.15, 0.2) is 26.0 Å². The minimum atomic E-state index is -0.202. The summed E-state index contributed by atoms with van der Waals surface area (Å²) in [5.74, 6) is 0.0734. The summed E-state index contributed by atoms with van der Waals surface area (Å²) < 4.78 is 5.75. The maximum atomic E-state index is 12.1. The molecule has 0 saturated carbocycles. The van der Waals surface area contributed by atoms with Gasteiger partial charge in [0, 0.05) is 18.7 Å². The zero-order chi connectivity index (χ0) is 12.7. The van der Waals surface area contributed by atoms with Gasteiger partial charge in [0.2, 0.25) is 0 Å². The Kier molecular flexibility index (Phi) is 2.62. The molecule has 0 bridgehead atoms. The molecule has 1 aliphatic heterocycles. The fourth-order valence-corrected chi connectivity index (χ4v) is 2.38. The Morgan fingerprint density at radius 2 is 2.22 bits per heavy atom. The highest BCUT2D eigenvalue weighted by molar-refractivity contribution is 9.10. The van der Waals surface area contributed by atoms with Gasteiger partial charge in [-0.1, -0.05) is 0 Å². The van der Waals surface area contributed by atoms with E-state index in [0.29, 0.717) is 29.7 Å². The molecule has 7 heteroatoms. The van der Waals surface area contributed by atoms with Crippen LogP contribution in [-0.4, -0.2) is 27.5 Å². The average Bonchev–Trinajstić information content (AvgIpc) is 2.95. The van der Waals surface area contributed by atoms with Gasteiger partial charge in [-0.3, -0.25) is 14.7 Å². The van der Waals surface area contributed by atoms with Crippen molar-refractivity contribution in [3.63, 3.8) is 0 Å². The van der Waals surface area contributed by atoms with E-state index in [0.717, 1.165) is 5.69 Å². The van der Waals surface area contributed by atoms with Crippen LogP contribution >= 0.6 is 15.9 Å². The third-order valence-electron chi connectivity index (χ3n) is 3.02. The summed E-state index contributed by atoms with van der Waals surface area (Å²) in [6, 6.07) is 3.29. The summed E-state index contributed by atoms with van der Waals surface area (Å²) in [6.45, 7) is 0.878. The molecule has 0 spiro atoms. The van der Waals surface area contributed by atoms with Crippen molar-refractivity contribution in [2.75, 3.05) is 6.54 Å². The van der Waals surface area contributed by atoms with Crippen molar-refractivity contribution in [2.24, 2.45) is 0 Å². The van der Waals surface area contributed by atoms with E-state index in [1.165, 1.54) is 0 Å². The van der Waals surface area contributed by atoms with Crippen molar-refractivity contribution in [3.05, 3.63) is 44.2 Å². The van der Waals surface area contributed by atoms with Crippen LogP contribution in [0.25, 0.3) is 0 Å². The fraction of sp³-hybridized carbons (Fsp3) is 0.273. The number of carbonyl (C=O) groups is 1. The molecule has 6 nitrogen and oxygen atoms in total. The molecule has 2 aromatic heterocycles. The highest BCUT2D eigenvalue weighted by Gasteiger charge is 2.26. The number of amides is 1. The van der Waals surface area contributed by atoms with E-state index in [9.17, 15) is 9.59 Å². The Morgan fingerprint density at radius 3 is 2.94 bits per heavy atom. The van der Waals surface area contributed by atoms with Gasteiger partial charge in [-0.15, -0.1) is 0 Å². The van der Waals surface area contributed by atoms with Gasteiger partial charge in [0.25, 0.3) is 11.5 Å². The van der Waals surface area contributed by atoms with Gasteiger partial charge in [-0.05, 0) is 28.1 Å². The summed E-state index contributed by atoms with van der Waals surface area (Å²) in [7, 11) is 0. The number of fused-ring (bicyclic) bond motifs is 1. The van der Waals surface area contributed by atoms with Gasteiger partial charge < -0.3 is 14.4 Å². The molecule has 0 radical (unpaired) electrons. The van der Waals surface area contributed by atoms with Gasteiger partial charge in [0.1, 0.15) is 0 Å². The quantitative estimate of drug-likeness (QED) is 0.831. The van der Waals surface area contributed by atoms with Gasteiger partial charge in [0.05, 0.1) is 12.1 Å². The van der Waals surface area contributed by atoms with E-state index in [1.807, 2.05) is 0 Å². The lowest BCUT2D eigenvalue weighted by atomic mass is 10.1. The number of H-pyrrole nitrogens is 2. The molecule has 0 unspecified atom stereocenters. The molecule has 3 rings (SSSR count). The van der Waals surface area contributed by atoms with Crippen LogP contribution in [0.2, 0.25) is 0 Å². The predicted octanol–water partition coefficient (Wildman–Crippen LogP) is 1.26. The second-order valence-electron chi connectivity index (χ2n) is 4.12. The molecular formula is C11H10BrN3O3. The first kappa shape index (κ1) is 11.3. The van der Waals surface area contributed by atoms with Gasteiger partial charge in [0.15, 0.2) is 10.4 Å². The highest BCUT2D eigenvalue weighted by atomic mass is 79.9. The summed E-state index contributed by atoms with van der Waals surface area (Å²) in [6.07, 6.45) is 0.641. The normalized spacial score (nSPS) is 14.6. The van der Waals surface area contributed by atoms with Crippen molar-refractivity contribution in [3.8, 4) is 0 Å². The monoisotopic (exact) mass is 311 g/mol. The average molecular weight is 312 g/mol. The number of hydrogen-bond acceptors (Lipinski definition) is 3. The second kappa shape index (κ2) is 4.16. The standard InChI is InChI=1S/C11H10BrN3O3/c12-9-2-1-8(18-9)11(17)15-4-3-7-6(5-15)10(16)14-13-7/h1-2H,3-5H2,(H2,13,14,16). The number of nitrogens with one attached hydrogen (secondary N) is 2. The topological polar surface area (TPSA) is 82.1 Å². The molecular weight excluding hydrogens is 302 g/mol. The van der Waals surface area contributed by atoms with Crippen molar-refractivity contribution in [2.45, 2.75) is 13.0 Å². The second-order valence-corrected chi connectivity index (χ2v) is 4.90. The Balaban J connectivity index is 1.86. The van der Waals surface area contributed by atoms with Crippen LogP contribution in [0, 0.1) is 0 Å². The molecule has 1 aliphatic rings. The first-order valence-corrected chi connectivity index (χ1v) is 6.27. The van der Waals surface area contributed by atoms with E-state index in [4.69, 9.17) is 4.42 Å². The smallest absolute Gasteiger partial charge is 0.289 e. The van der Waals surface area contributed by atoms with Crippen molar-refractivity contribution < 1.29 is 9.21 Å². The van der Waals surface area contributed by atoms with Crippen LogP contribution in [0.1, 0.15) is 21.8 Å². The van der Waals surface area contributed by atoms with Crippen LogP contribution in [0.3, 0.4) is 0 Å². The Morgan fingerprint density at radius 1 is 1.39 bits per heavy atom. The molecule has 1 amide bonds. The largest absolute Gasteiger partial charge is 0.444 e. The Hall–Kier alpha value is -1.76. The van der Waals surface area contributed by atoms with E-state index < -0.39 is 0 Å². The zero-order valence-corrected chi connectivity index (χ0v) is 10.9. The number of hydrogen-bond donors (Lipinski definition) is 2. The minimum absolute atomic E-state index is 0.164. The number of halogens is 1. The number of nitrogens with zero attached hydrogens (tertiary/aromatic N) is 1. The van der Waals surface area contributed by atoms with Crippen molar-refractivity contribution in [1.82, 2.24) is 15.1 Å². The maximum Gasteiger partial charge on any atom is 0.289 e. The van der Waals surface area contributed by atoms with Gasteiger partial charge in [-0.2, -0.15) is 0 Å². The third kappa shape index (κ3) is 1.80. The van der Waals surface area contributed by atoms with Crippen LogP contribution in [-0.2, 0) is 13.0 Å². The third-order valence-corrected chi connectivity index (χ3v) is 3.44. The zero-order valence-electron chi connectivity index (χ0n) is 9.33. The first-order valence-electron chi connectivity index (χ1n) is 5.48. The Bertz CT molecular complexity index is 655. The first-order chi connectivity index (χ1) is 8.65. The number of aromatic amines is 2. The fourth-order valence-electron chi connectivity index (χ4n) is 2.08. The van der Waals surface area contributed by atoms with Crippen molar-refractivity contribution >= 4 is 21.8 Å². The summed E-state index contributed by atoms with van der Waals surface area (Å²) in [4.78, 5) is 25.3. The number of furan rings is 1. The van der Waals surface area contributed by atoms with Crippen LogP contribution in [0.5, 0.6) is 0 Å². The van der Waals surface area contributed by atoms with Crippen LogP contribution < -0.4 is 5.56 Å². The van der Waals surface area contributed by atoms with Crippen LogP contribution in [0.4, 0.5) is 0 Å². The molecule has 0 fully saturated rings.